The summed E-state index contributed by atoms with van der Waals surface area (Å²) in [7, 11) is 0. The van der Waals surface area contributed by atoms with Crippen LogP contribution in [0, 0.1) is 5.92 Å². The zero-order valence-electron chi connectivity index (χ0n) is 11.5. The first-order valence-electron chi connectivity index (χ1n) is 7.06. The summed E-state index contributed by atoms with van der Waals surface area (Å²) >= 11 is 6.06. The number of rotatable bonds is 5. The Balaban J connectivity index is 1.69. The highest BCUT2D eigenvalue weighted by atomic mass is 35.5. The van der Waals surface area contributed by atoms with Gasteiger partial charge < -0.3 is 15.3 Å². The number of phenols is 1. The summed E-state index contributed by atoms with van der Waals surface area (Å²) in [6, 6.07) is 5.25. The summed E-state index contributed by atoms with van der Waals surface area (Å²) in [6.45, 7) is 7.36. The molecule has 1 heterocycles. The molecular formula is C15H23ClN2O. The zero-order valence-corrected chi connectivity index (χ0v) is 12.3. The fraction of sp³-hybridized carbons (Fsp3) is 0.600. The highest BCUT2D eigenvalue weighted by molar-refractivity contribution is 6.31. The van der Waals surface area contributed by atoms with Crippen molar-refractivity contribution in [3.8, 4) is 5.75 Å². The lowest BCUT2D eigenvalue weighted by atomic mass is 9.99. The van der Waals surface area contributed by atoms with Crippen molar-refractivity contribution >= 4 is 11.6 Å². The van der Waals surface area contributed by atoms with E-state index in [4.69, 9.17) is 11.6 Å². The molecule has 19 heavy (non-hydrogen) atoms. The molecule has 1 saturated heterocycles. The molecule has 106 valence electrons. The van der Waals surface area contributed by atoms with Crippen LogP contribution in [0.5, 0.6) is 5.75 Å². The Bertz CT molecular complexity index is 383. The number of hydrogen-bond donors (Lipinski definition) is 2. The first-order chi connectivity index (χ1) is 9.16. The largest absolute Gasteiger partial charge is 0.508 e. The second-order valence-electron chi connectivity index (χ2n) is 5.44. The van der Waals surface area contributed by atoms with Gasteiger partial charge in [-0.2, -0.15) is 0 Å². The van der Waals surface area contributed by atoms with Crippen LogP contribution in [0.1, 0.15) is 25.3 Å². The van der Waals surface area contributed by atoms with Gasteiger partial charge in [-0.1, -0.05) is 24.6 Å². The van der Waals surface area contributed by atoms with Crippen LogP contribution in [0.3, 0.4) is 0 Å². The number of phenolic OH excluding ortho intramolecular Hbond substituents is 1. The lowest BCUT2D eigenvalue weighted by Crippen LogP contribution is -2.37. The van der Waals surface area contributed by atoms with E-state index >= 15 is 0 Å². The van der Waals surface area contributed by atoms with Crippen LogP contribution in [0.15, 0.2) is 18.2 Å². The number of benzene rings is 1. The molecule has 0 bridgehead atoms. The second-order valence-corrected chi connectivity index (χ2v) is 5.85. The maximum atomic E-state index is 9.73. The fourth-order valence-electron chi connectivity index (χ4n) is 2.46. The average Bonchev–Trinajstić information content (AvgIpc) is 2.39. The molecule has 2 N–H and O–H groups in total. The summed E-state index contributed by atoms with van der Waals surface area (Å²) in [5.74, 6) is 1.15. The van der Waals surface area contributed by atoms with Crippen molar-refractivity contribution in [2.45, 2.75) is 26.3 Å². The van der Waals surface area contributed by atoms with E-state index in [1.165, 1.54) is 25.9 Å². The average molecular weight is 283 g/mol. The minimum Gasteiger partial charge on any atom is -0.508 e. The molecule has 0 amide bonds. The Morgan fingerprint density at radius 3 is 2.79 bits per heavy atom. The van der Waals surface area contributed by atoms with Gasteiger partial charge in [-0.15, -0.1) is 0 Å². The first kappa shape index (κ1) is 14.6. The normalized spacial score (nSPS) is 17.8. The quantitative estimate of drug-likeness (QED) is 0.815. The van der Waals surface area contributed by atoms with E-state index in [1.54, 1.807) is 12.1 Å². The van der Waals surface area contributed by atoms with Crippen molar-refractivity contribution in [1.29, 1.82) is 0 Å². The maximum absolute atomic E-state index is 9.73. The van der Waals surface area contributed by atoms with Crippen molar-refractivity contribution in [1.82, 2.24) is 10.2 Å². The highest BCUT2D eigenvalue weighted by Gasteiger charge is 2.14. The fourth-order valence-corrected chi connectivity index (χ4v) is 2.69. The van der Waals surface area contributed by atoms with Gasteiger partial charge in [0.25, 0.3) is 0 Å². The molecule has 1 aromatic carbocycles. The van der Waals surface area contributed by atoms with Crippen LogP contribution in [0.2, 0.25) is 5.02 Å². The Labute approximate surface area is 120 Å². The number of piperidine rings is 1. The van der Waals surface area contributed by atoms with E-state index in [-0.39, 0.29) is 5.75 Å². The number of hydrogen-bond acceptors (Lipinski definition) is 3. The number of aromatic hydroxyl groups is 1. The topological polar surface area (TPSA) is 35.5 Å². The minimum atomic E-state index is 0.270. The van der Waals surface area contributed by atoms with E-state index in [9.17, 15) is 5.11 Å². The summed E-state index contributed by atoms with van der Waals surface area (Å²) in [6.07, 6.45) is 2.62. The lowest BCUT2D eigenvalue weighted by Gasteiger charge is -2.30. The van der Waals surface area contributed by atoms with Gasteiger partial charge in [-0.3, -0.25) is 0 Å². The van der Waals surface area contributed by atoms with Crippen LogP contribution in [-0.4, -0.2) is 36.2 Å². The standard InChI is InChI=1S/C15H23ClN2O/c1-12-5-8-18(9-6-12)10-7-17-11-13-14(16)3-2-4-15(13)19/h2-4,12,17,19H,5-11H2,1H3. The molecular weight excluding hydrogens is 260 g/mol. The van der Waals surface area contributed by atoms with Crippen LogP contribution in [0.4, 0.5) is 0 Å². The lowest BCUT2D eigenvalue weighted by molar-refractivity contribution is 0.193. The Morgan fingerprint density at radius 1 is 1.37 bits per heavy atom. The summed E-state index contributed by atoms with van der Waals surface area (Å²) in [4.78, 5) is 2.50. The molecule has 2 rings (SSSR count). The van der Waals surface area contributed by atoms with E-state index in [0.717, 1.165) is 24.6 Å². The van der Waals surface area contributed by atoms with Gasteiger partial charge >= 0.3 is 0 Å². The van der Waals surface area contributed by atoms with Crippen molar-refractivity contribution in [2.75, 3.05) is 26.2 Å². The van der Waals surface area contributed by atoms with Crippen molar-refractivity contribution in [3.05, 3.63) is 28.8 Å². The minimum absolute atomic E-state index is 0.270. The predicted octanol–water partition coefficient (Wildman–Crippen LogP) is 2.87. The maximum Gasteiger partial charge on any atom is 0.121 e. The number of nitrogens with one attached hydrogen (secondary N) is 1. The summed E-state index contributed by atoms with van der Waals surface area (Å²) in [5.41, 5.74) is 0.788. The van der Waals surface area contributed by atoms with Crippen molar-refractivity contribution in [3.63, 3.8) is 0 Å². The molecule has 4 heteroatoms. The molecule has 0 aromatic heterocycles. The Morgan fingerprint density at radius 2 is 2.11 bits per heavy atom. The third-order valence-corrected chi connectivity index (χ3v) is 4.23. The molecule has 1 aliphatic heterocycles. The molecule has 1 aliphatic rings. The van der Waals surface area contributed by atoms with E-state index in [2.05, 4.69) is 17.1 Å². The van der Waals surface area contributed by atoms with Gasteiger partial charge in [-0.05, 0) is 44.0 Å². The highest BCUT2D eigenvalue weighted by Crippen LogP contribution is 2.24. The summed E-state index contributed by atoms with van der Waals surface area (Å²) in [5, 5.41) is 13.7. The molecule has 0 atom stereocenters. The second kappa shape index (κ2) is 7.13. The van der Waals surface area contributed by atoms with Gasteiger partial charge in [0, 0.05) is 30.2 Å². The van der Waals surface area contributed by atoms with Gasteiger partial charge in [0.15, 0.2) is 0 Å². The van der Waals surface area contributed by atoms with Crippen LogP contribution >= 0.6 is 11.6 Å². The number of nitrogens with zero attached hydrogens (tertiary/aromatic N) is 1. The van der Waals surface area contributed by atoms with Gasteiger partial charge in [0.2, 0.25) is 0 Å². The van der Waals surface area contributed by atoms with E-state index in [1.807, 2.05) is 6.07 Å². The number of halogens is 1. The molecule has 1 aromatic rings. The molecule has 1 fully saturated rings. The molecule has 0 spiro atoms. The molecule has 0 radical (unpaired) electrons. The van der Waals surface area contributed by atoms with Gasteiger partial charge in [-0.25, -0.2) is 0 Å². The van der Waals surface area contributed by atoms with E-state index in [0.29, 0.717) is 11.6 Å². The molecule has 3 nitrogen and oxygen atoms in total. The Hall–Kier alpha value is -0.770. The van der Waals surface area contributed by atoms with Crippen LogP contribution in [-0.2, 0) is 6.54 Å². The van der Waals surface area contributed by atoms with Gasteiger partial charge in [0.1, 0.15) is 5.75 Å². The van der Waals surface area contributed by atoms with Crippen LogP contribution < -0.4 is 5.32 Å². The Kier molecular flexibility index (Phi) is 5.49. The third-order valence-electron chi connectivity index (χ3n) is 3.88. The SMILES string of the molecule is CC1CCN(CCNCc2c(O)cccc2Cl)CC1. The van der Waals surface area contributed by atoms with Gasteiger partial charge in [0.05, 0.1) is 0 Å². The van der Waals surface area contributed by atoms with E-state index < -0.39 is 0 Å². The number of likely N-dealkylation sites (tertiary alicyclic amines) is 1. The monoisotopic (exact) mass is 282 g/mol. The first-order valence-corrected chi connectivity index (χ1v) is 7.44. The smallest absolute Gasteiger partial charge is 0.121 e. The molecule has 0 aliphatic carbocycles. The third kappa shape index (κ3) is 4.37. The zero-order chi connectivity index (χ0) is 13.7. The van der Waals surface area contributed by atoms with Crippen LogP contribution in [0.25, 0.3) is 0 Å². The van der Waals surface area contributed by atoms with Crippen molar-refractivity contribution < 1.29 is 5.11 Å². The van der Waals surface area contributed by atoms with Crippen molar-refractivity contribution in [2.24, 2.45) is 5.92 Å². The molecule has 0 unspecified atom stereocenters. The predicted molar refractivity (Wildman–Crippen MR) is 79.7 cm³/mol. The molecule has 0 saturated carbocycles. The summed E-state index contributed by atoms with van der Waals surface area (Å²) < 4.78 is 0.